The van der Waals surface area contributed by atoms with E-state index in [1.807, 2.05) is 6.07 Å². The van der Waals surface area contributed by atoms with Gasteiger partial charge < -0.3 is 11.1 Å². The highest BCUT2D eigenvalue weighted by Gasteiger charge is 2.44. The Morgan fingerprint density at radius 2 is 2.36 bits per heavy atom. The van der Waals surface area contributed by atoms with Crippen LogP contribution in [-0.4, -0.2) is 11.5 Å². The van der Waals surface area contributed by atoms with Gasteiger partial charge in [-0.2, -0.15) is 0 Å². The lowest BCUT2D eigenvalue weighted by molar-refractivity contribution is 0.573. The minimum atomic E-state index is 0.523. The Morgan fingerprint density at radius 3 is 2.93 bits per heavy atom. The summed E-state index contributed by atoms with van der Waals surface area (Å²) in [6, 6.07) is 1.92. The Morgan fingerprint density at radius 1 is 1.64 bits per heavy atom. The zero-order chi connectivity index (χ0) is 10.2. The van der Waals surface area contributed by atoms with E-state index in [1.54, 1.807) is 12.4 Å². The van der Waals surface area contributed by atoms with Gasteiger partial charge in [-0.3, -0.25) is 4.98 Å². The van der Waals surface area contributed by atoms with Crippen LogP contribution >= 0.6 is 0 Å². The molecular formula is C11H17N3. The number of aromatic nitrogens is 1. The summed E-state index contributed by atoms with van der Waals surface area (Å²) in [7, 11) is 0. The molecule has 0 amide bonds. The van der Waals surface area contributed by atoms with Crippen molar-refractivity contribution >= 4 is 11.4 Å². The summed E-state index contributed by atoms with van der Waals surface area (Å²) in [5, 5.41) is 3.37. The third-order valence-electron chi connectivity index (χ3n) is 3.11. The lowest BCUT2D eigenvalue weighted by Gasteiger charge is -2.09. The Kier molecular flexibility index (Phi) is 2.10. The molecule has 0 aliphatic heterocycles. The van der Waals surface area contributed by atoms with E-state index in [0.29, 0.717) is 5.41 Å². The topological polar surface area (TPSA) is 50.9 Å². The summed E-state index contributed by atoms with van der Waals surface area (Å²) in [6.07, 6.45) is 4.75. The first-order chi connectivity index (χ1) is 6.59. The van der Waals surface area contributed by atoms with E-state index in [-0.39, 0.29) is 0 Å². The van der Waals surface area contributed by atoms with Crippen molar-refractivity contribution in [1.29, 1.82) is 0 Å². The third-order valence-corrected chi connectivity index (χ3v) is 3.11. The summed E-state index contributed by atoms with van der Waals surface area (Å²) >= 11 is 0. The third kappa shape index (κ3) is 1.81. The maximum atomic E-state index is 5.77. The first-order valence-electron chi connectivity index (χ1n) is 5.03. The number of hydrogen-bond acceptors (Lipinski definition) is 3. The Labute approximate surface area is 84.7 Å². The predicted octanol–water partition coefficient (Wildman–Crippen LogP) is 2.12. The van der Waals surface area contributed by atoms with Crippen LogP contribution in [0.5, 0.6) is 0 Å². The zero-order valence-corrected chi connectivity index (χ0v) is 8.75. The van der Waals surface area contributed by atoms with Gasteiger partial charge in [-0.25, -0.2) is 0 Å². The summed E-state index contributed by atoms with van der Waals surface area (Å²) in [5.74, 6) is 0.787. The summed E-state index contributed by atoms with van der Waals surface area (Å²) in [5.41, 5.74) is 8.02. The molecule has 14 heavy (non-hydrogen) atoms. The summed E-state index contributed by atoms with van der Waals surface area (Å²) < 4.78 is 0. The van der Waals surface area contributed by atoms with Crippen molar-refractivity contribution in [2.45, 2.75) is 20.3 Å². The molecule has 2 rings (SSSR count). The lowest BCUT2D eigenvalue weighted by Crippen LogP contribution is -2.08. The Bertz CT molecular complexity index is 333. The van der Waals surface area contributed by atoms with Crippen LogP contribution in [0.25, 0.3) is 0 Å². The van der Waals surface area contributed by atoms with Crippen molar-refractivity contribution in [3.63, 3.8) is 0 Å². The molecule has 1 aromatic heterocycles. The molecular weight excluding hydrogens is 174 g/mol. The number of anilines is 2. The normalized spacial score (nSPS) is 23.1. The molecule has 3 nitrogen and oxygen atoms in total. The van der Waals surface area contributed by atoms with Crippen molar-refractivity contribution in [2.24, 2.45) is 11.3 Å². The summed E-state index contributed by atoms with van der Waals surface area (Å²) in [6.45, 7) is 5.62. The fourth-order valence-corrected chi connectivity index (χ4v) is 1.73. The number of nitrogens with zero attached hydrogens (tertiary/aromatic N) is 1. The quantitative estimate of drug-likeness (QED) is 0.769. The summed E-state index contributed by atoms with van der Waals surface area (Å²) in [4.78, 5) is 3.95. The van der Waals surface area contributed by atoms with Gasteiger partial charge >= 0.3 is 0 Å². The molecule has 1 aliphatic carbocycles. The first kappa shape index (κ1) is 9.31. The molecule has 0 aromatic carbocycles. The van der Waals surface area contributed by atoms with Crippen molar-refractivity contribution in [3.8, 4) is 0 Å². The van der Waals surface area contributed by atoms with Crippen LogP contribution in [0.1, 0.15) is 20.3 Å². The van der Waals surface area contributed by atoms with E-state index < -0.39 is 0 Å². The molecule has 1 aromatic rings. The number of rotatable bonds is 3. The van der Waals surface area contributed by atoms with Crippen LogP contribution in [0.2, 0.25) is 0 Å². The SMILES string of the molecule is CC1(C)CC1CNc1ccncc1N. The minimum absolute atomic E-state index is 0.523. The molecule has 1 saturated carbocycles. The zero-order valence-electron chi connectivity index (χ0n) is 8.75. The minimum Gasteiger partial charge on any atom is -0.396 e. The molecule has 0 saturated heterocycles. The van der Waals surface area contributed by atoms with E-state index in [0.717, 1.165) is 23.8 Å². The molecule has 1 atom stereocenters. The predicted molar refractivity (Wildman–Crippen MR) is 59.0 cm³/mol. The fraction of sp³-hybridized carbons (Fsp3) is 0.545. The molecule has 1 fully saturated rings. The van der Waals surface area contributed by atoms with Crippen molar-refractivity contribution in [2.75, 3.05) is 17.6 Å². The smallest absolute Gasteiger partial charge is 0.0736 e. The van der Waals surface area contributed by atoms with E-state index in [1.165, 1.54) is 6.42 Å². The Balaban J connectivity index is 1.90. The van der Waals surface area contributed by atoms with Crippen LogP contribution in [0.4, 0.5) is 11.4 Å². The first-order valence-corrected chi connectivity index (χ1v) is 5.03. The van der Waals surface area contributed by atoms with E-state index in [4.69, 9.17) is 5.73 Å². The van der Waals surface area contributed by atoms with Gasteiger partial charge in [0.2, 0.25) is 0 Å². The van der Waals surface area contributed by atoms with Crippen molar-refractivity contribution < 1.29 is 0 Å². The Hall–Kier alpha value is -1.25. The average Bonchev–Trinajstić information content (AvgIpc) is 2.73. The van der Waals surface area contributed by atoms with Gasteiger partial charge in [0.1, 0.15) is 0 Å². The maximum absolute atomic E-state index is 5.77. The second-order valence-corrected chi connectivity index (χ2v) is 4.73. The van der Waals surface area contributed by atoms with Gasteiger partial charge in [0.25, 0.3) is 0 Å². The number of nitrogen functional groups attached to an aromatic ring is 1. The highest BCUT2D eigenvalue weighted by molar-refractivity contribution is 5.64. The second-order valence-electron chi connectivity index (χ2n) is 4.73. The maximum Gasteiger partial charge on any atom is 0.0736 e. The lowest BCUT2D eigenvalue weighted by atomic mass is 10.1. The van der Waals surface area contributed by atoms with Crippen LogP contribution in [0.15, 0.2) is 18.5 Å². The molecule has 3 N–H and O–H groups in total. The average molecular weight is 191 g/mol. The van der Waals surface area contributed by atoms with Gasteiger partial charge in [-0.1, -0.05) is 13.8 Å². The molecule has 1 heterocycles. The number of hydrogen-bond donors (Lipinski definition) is 2. The van der Waals surface area contributed by atoms with Gasteiger partial charge in [0, 0.05) is 12.7 Å². The van der Waals surface area contributed by atoms with Gasteiger partial charge in [0.05, 0.1) is 17.6 Å². The molecule has 0 radical (unpaired) electrons. The molecule has 0 spiro atoms. The fourth-order valence-electron chi connectivity index (χ4n) is 1.73. The van der Waals surface area contributed by atoms with Crippen LogP contribution < -0.4 is 11.1 Å². The number of nitrogens with two attached hydrogens (primary N) is 1. The van der Waals surface area contributed by atoms with Crippen LogP contribution in [0, 0.1) is 11.3 Å². The van der Waals surface area contributed by atoms with E-state index >= 15 is 0 Å². The molecule has 0 bridgehead atoms. The number of nitrogens with one attached hydrogen (secondary N) is 1. The number of pyridine rings is 1. The molecule has 76 valence electrons. The van der Waals surface area contributed by atoms with Crippen LogP contribution in [-0.2, 0) is 0 Å². The van der Waals surface area contributed by atoms with E-state index in [2.05, 4.69) is 24.1 Å². The standard InChI is InChI=1S/C11H17N3/c1-11(2)5-8(11)6-14-10-3-4-13-7-9(10)12/h3-4,7-8H,5-6,12H2,1-2H3,(H,13,14). The van der Waals surface area contributed by atoms with Gasteiger partial charge in [-0.05, 0) is 23.8 Å². The van der Waals surface area contributed by atoms with Gasteiger partial charge in [0.15, 0.2) is 0 Å². The van der Waals surface area contributed by atoms with E-state index in [9.17, 15) is 0 Å². The monoisotopic (exact) mass is 191 g/mol. The van der Waals surface area contributed by atoms with Crippen molar-refractivity contribution in [3.05, 3.63) is 18.5 Å². The van der Waals surface area contributed by atoms with Crippen molar-refractivity contribution in [1.82, 2.24) is 4.98 Å². The second kappa shape index (κ2) is 3.15. The van der Waals surface area contributed by atoms with Gasteiger partial charge in [-0.15, -0.1) is 0 Å². The highest BCUT2D eigenvalue weighted by atomic mass is 14.9. The highest BCUT2D eigenvalue weighted by Crippen LogP contribution is 2.51. The molecule has 1 unspecified atom stereocenters. The van der Waals surface area contributed by atoms with Crippen LogP contribution in [0.3, 0.4) is 0 Å². The molecule has 3 heteroatoms. The molecule has 1 aliphatic rings. The largest absolute Gasteiger partial charge is 0.396 e.